The molecule has 0 fully saturated rings. The number of hydrogen-bond donors (Lipinski definition) is 2. The fraction of sp³-hybridized carbons (Fsp3) is 0.240. The Morgan fingerprint density at radius 1 is 0.900 bits per heavy atom. The number of anilines is 1. The minimum Gasteiger partial charge on any atom is -0.493 e. The van der Waals surface area contributed by atoms with Gasteiger partial charge in [-0.05, 0) is 49.2 Å². The Balaban J connectivity index is 1.57. The number of carbonyl (C=O) groups excluding carboxylic acids is 1. The van der Waals surface area contributed by atoms with Gasteiger partial charge in [-0.25, -0.2) is 0 Å². The van der Waals surface area contributed by atoms with Gasteiger partial charge in [0.1, 0.15) is 0 Å². The van der Waals surface area contributed by atoms with E-state index < -0.39 is 0 Å². The molecule has 5 heteroatoms. The van der Waals surface area contributed by atoms with E-state index in [0.717, 1.165) is 28.8 Å². The summed E-state index contributed by atoms with van der Waals surface area (Å²) in [7, 11) is 3.24. The molecular formula is C25H28N2O3. The lowest BCUT2D eigenvalue weighted by atomic mass is 10.0. The molecule has 2 N–H and O–H groups in total. The van der Waals surface area contributed by atoms with E-state index in [1.54, 1.807) is 14.2 Å². The molecule has 0 bridgehead atoms. The summed E-state index contributed by atoms with van der Waals surface area (Å²) in [6, 6.07) is 23.4. The highest BCUT2D eigenvalue weighted by Gasteiger charge is 2.14. The predicted octanol–water partition coefficient (Wildman–Crippen LogP) is 4.53. The maximum atomic E-state index is 12.7. The van der Waals surface area contributed by atoms with E-state index in [0.29, 0.717) is 18.0 Å². The van der Waals surface area contributed by atoms with E-state index in [-0.39, 0.29) is 11.9 Å². The van der Waals surface area contributed by atoms with E-state index in [9.17, 15) is 4.79 Å². The van der Waals surface area contributed by atoms with Crippen LogP contribution < -0.4 is 20.1 Å². The monoisotopic (exact) mass is 404 g/mol. The van der Waals surface area contributed by atoms with Gasteiger partial charge in [0.05, 0.1) is 20.3 Å². The first-order chi connectivity index (χ1) is 14.6. The maximum absolute atomic E-state index is 12.7. The lowest BCUT2D eigenvalue weighted by Crippen LogP contribution is -2.39. The standard InChI is InChI=1S/C25H28N2O3/c1-18(26-16-15-19-13-14-23(29-2)24(17-19)30-3)25(28)27-22-12-8-7-11-21(22)20-9-5-4-6-10-20/h4-14,17-18,26H,15-16H2,1-3H3,(H,27,28). The molecule has 0 saturated heterocycles. The third-order valence-corrected chi connectivity index (χ3v) is 4.98. The summed E-state index contributed by atoms with van der Waals surface area (Å²) in [5.41, 5.74) is 4.00. The Kier molecular flexibility index (Phi) is 7.46. The van der Waals surface area contributed by atoms with Crippen molar-refractivity contribution in [3.8, 4) is 22.6 Å². The highest BCUT2D eigenvalue weighted by molar-refractivity contribution is 5.98. The Bertz CT molecular complexity index is 973. The summed E-state index contributed by atoms with van der Waals surface area (Å²) < 4.78 is 10.6. The maximum Gasteiger partial charge on any atom is 0.241 e. The molecule has 0 aliphatic heterocycles. The van der Waals surface area contributed by atoms with Gasteiger partial charge in [-0.15, -0.1) is 0 Å². The first kappa shape index (κ1) is 21.4. The second-order valence-corrected chi connectivity index (χ2v) is 7.02. The van der Waals surface area contributed by atoms with Gasteiger partial charge in [-0.1, -0.05) is 54.6 Å². The van der Waals surface area contributed by atoms with Crippen molar-refractivity contribution in [1.29, 1.82) is 0 Å². The summed E-state index contributed by atoms with van der Waals surface area (Å²) >= 11 is 0. The quantitative estimate of drug-likeness (QED) is 0.550. The van der Waals surface area contributed by atoms with Crippen molar-refractivity contribution in [2.24, 2.45) is 0 Å². The molecular weight excluding hydrogens is 376 g/mol. The fourth-order valence-electron chi connectivity index (χ4n) is 3.26. The lowest BCUT2D eigenvalue weighted by molar-refractivity contribution is -0.117. The predicted molar refractivity (Wildman–Crippen MR) is 121 cm³/mol. The van der Waals surface area contributed by atoms with E-state index in [2.05, 4.69) is 10.6 Å². The van der Waals surface area contributed by atoms with Gasteiger partial charge < -0.3 is 20.1 Å². The van der Waals surface area contributed by atoms with Crippen LogP contribution in [-0.2, 0) is 11.2 Å². The molecule has 3 rings (SSSR count). The summed E-state index contributed by atoms with van der Waals surface area (Å²) in [5, 5.41) is 6.35. The van der Waals surface area contributed by atoms with E-state index in [1.165, 1.54) is 0 Å². The van der Waals surface area contributed by atoms with Gasteiger partial charge in [-0.3, -0.25) is 4.79 Å². The number of ether oxygens (including phenoxy) is 2. The minimum atomic E-state index is -0.325. The molecule has 1 unspecified atom stereocenters. The topological polar surface area (TPSA) is 59.6 Å². The summed E-state index contributed by atoms with van der Waals surface area (Å²) in [5.74, 6) is 1.35. The number of carbonyl (C=O) groups is 1. The zero-order valence-electron chi connectivity index (χ0n) is 17.6. The van der Waals surface area contributed by atoms with Gasteiger partial charge in [0.2, 0.25) is 5.91 Å². The van der Waals surface area contributed by atoms with Gasteiger partial charge >= 0.3 is 0 Å². The van der Waals surface area contributed by atoms with Crippen LogP contribution in [0.15, 0.2) is 72.8 Å². The number of amides is 1. The molecule has 0 spiro atoms. The van der Waals surface area contributed by atoms with Crippen molar-refractivity contribution >= 4 is 11.6 Å². The molecule has 0 heterocycles. The van der Waals surface area contributed by atoms with Crippen molar-refractivity contribution < 1.29 is 14.3 Å². The van der Waals surface area contributed by atoms with Crippen molar-refractivity contribution in [2.45, 2.75) is 19.4 Å². The Morgan fingerprint density at radius 3 is 2.33 bits per heavy atom. The largest absolute Gasteiger partial charge is 0.493 e. The zero-order valence-corrected chi connectivity index (χ0v) is 17.6. The average Bonchev–Trinajstić information content (AvgIpc) is 2.79. The first-order valence-electron chi connectivity index (χ1n) is 10.0. The normalized spacial score (nSPS) is 11.6. The van der Waals surface area contributed by atoms with Gasteiger partial charge in [0, 0.05) is 11.3 Å². The second-order valence-electron chi connectivity index (χ2n) is 7.02. The number of para-hydroxylation sites is 1. The van der Waals surface area contributed by atoms with Crippen molar-refractivity contribution in [3.63, 3.8) is 0 Å². The highest BCUT2D eigenvalue weighted by Crippen LogP contribution is 2.28. The molecule has 0 aromatic heterocycles. The van der Waals surface area contributed by atoms with Crippen LogP contribution in [0.5, 0.6) is 11.5 Å². The van der Waals surface area contributed by atoms with E-state index >= 15 is 0 Å². The molecule has 0 aliphatic rings. The smallest absolute Gasteiger partial charge is 0.241 e. The van der Waals surface area contributed by atoms with E-state index in [1.807, 2.05) is 79.7 Å². The van der Waals surface area contributed by atoms with Crippen molar-refractivity contribution in [1.82, 2.24) is 5.32 Å². The summed E-state index contributed by atoms with van der Waals surface area (Å²) in [4.78, 5) is 12.7. The zero-order chi connectivity index (χ0) is 21.3. The van der Waals surface area contributed by atoms with E-state index in [4.69, 9.17) is 9.47 Å². The SMILES string of the molecule is COc1ccc(CCNC(C)C(=O)Nc2ccccc2-c2ccccc2)cc1OC. The molecule has 0 saturated carbocycles. The molecule has 5 nitrogen and oxygen atoms in total. The third-order valence-electron chi connectivity index (χ3n) is 4.98. The van der Waals surface area contributed by atoms with Gasteiger partial charge in [0.15, 0.2) is 11.5 Å². The lowest BCUT2D eigenvalue weighted by Gasteiger charge is -2.16. The number of rotatable bonds is 9. The van der Waals surface area contributed by atoms with Crippen LogP contribution in [0.2, 0.25) is 0 Å². The van der Waals surface area contributed by atoms with Crippen LogP contribution in [-0.4, -0.2) is 32.7 Å². The molecule has 156 valence electrons. The first-order valence-corrected chi connectivity index (χ1v) is 10.0. The summed E-state index contributed by atoms with van der Waals surface area (Å²) in [6.45, 7) is 2.54. The highest BCUT2D eigenvalue weighted by atomic mass is 16.5. The van der Waals surface area contributed by atoms with Crippen LogP contribution in [0.3, 0.4) is 0 Å². The Morgan fingerprint density at radius 2 is 1.60 bits per heavy atom. The Hall–Kier alpha value is -3.31. The third kappa shape index (κ3) is 5.39. The molecule has 0 radical (unpaired) electrons. The minimum absolute atomic E-state index is 0.0642. The van der Waals surface area contributed by atoms with Gasteiger partial charge in [0.25, 0.3) is 0 Å². The number of benzene rings is 3. The van der Waals surface area contributed by atoms with Crippen LogP contribution in [0.4, 0.5) is 5.69 Å². The van der Waals surface area contributed by atoms with Crippen LogP contribution >= 0.6 is 0 Å². The van der Waals surface area contributed by atoms with Crippen LogP contribution in [0.1, 0.15) is 12.5 Å². The molecule has 1 amide bonds. The van der Waals surface area contributed by atoms with Crippen molar-refractivity contribution in [3.05, 3.63) is 78.4 Å². The van der Waals surface area contributed by atoms with Crippen molar-refractivity contribution in [2.75, 3.05) is 26.1 Å². The van der Waals surface area contributed by atoms with Gasteiger partial charge in [-0.2, -0.15) is 0 Å². The number of methoxy groups -OCH3 is 2. The summed E-state index contributed by atoms with van der Waals surface area (Å²) in [6.07, 6.45) is 0.776. The fourth-order valence-corrected chi connectivity index (χ4v) is 3.26. The van der Waals surface area contributed by atoms with Crippen LogP contribution in [0.25, 0.3) is 11.1 Å². The molecule has 3 aromatic carbocycles. The average molecular weight is 405 g/mol. The second kappa shape index (κ2) is 10.5. The molecule has 1 atom stereocenters. The molecule has 30 heavy (non-hydrogen) atoms. The molecule has 0 aliphatic carbocycles. The number of hydrogen-bond acceptors (Lipinski definition) is 4. The van der Waals surface area contributed by atoms with Crippen LogP contribution in [0, 0.1) is 0 Å². The Labute approximate surface area is 178 Å². The number of nitrogens with one attached hydrogen (secondary N) is 2. The molecule has 3 aromatic rings.